The summed E-state index contributed by atoms with van der Waals surface area (Å²) in [6.45, 7) is 3.85. The molecule has 0 spiro atoms. The van der Waals surface area contributed by atoms with E-state index in [-0.39, 0.29) is 11.9 Å². The van der Waals surface area contributed by atoms with Gasteiger partial charge in [0, 0.05) is 13.0 Å². The van der Waals surface area contributed by atoms with E-state index in [4.69, 9.17) is 0 Å². The number of amides is 3. The lowest BCUT2D eigenvalue weighted by Crippen LogP contribution is -2.38. The van der Waals surface area contributed by atoms with Crippen molar-refractivity contribution in [1.29, 1.82) is 0 Å². The molecule has 0 bridgehead atoms. The van der Waals surface area contributed by atoms with Crippen LogP contribution < -0.4 is 5.32 Å². The van der Waals surface area contributed by atoms with Gasteiger partial charge in [-0.2, -0.15) is 0 Å². The number of urea groups is 1. The maximum atomic E-state index is 11.0. The minimum atomic E-state index is -0.373. The summed E-state index contributed by atoms with van der Waals surface area (Å²) < 4.78 is 0. The van der Waals surface area contributed by atoms with Crippen LogP contribution in [0.15, 0.2) is 12.8 Å². The molecular formula is C7H10N2O2. The summed E-state index contributed by atoms with van der Waals surface area (Å²) in [5, 5.41) is 2.35. The molecule has 60 valence electrons. The predicted octanol–water partition coefficient (Wildman–Crippen LogP) is 0.462. The number of nitrogens with zero attached hydrogens (tertiary/aromatic N) is 1. The van der Waals surface area contributed by atoms with Gasteiger partial charge in [0.15, 0.2) is 0 Å². The standard InChI is InChI=1S/C7H10N2O2/c1-2-8-7(11)9-5-3-4-6(9)10/h2H,1,3-5H2,(H,8,11). The predicted molar refractivity (Wildman–Crippen MR) is 39.7 cm³/mol. The molecule has 1 aliphatic heterocycles. The number of hydrogen-bond acceptors (Lipinski definition) is 2. The van der Waals surface area contributed by atoms with Crippen LogP contribution >= 0.6 is 0 Å². The largest absolute Gasteiger partial charge is 0.328 e. The Balaban J connectivity index is 2.52. The molecule has 1 saturated heterocycles. The number of carbonyl (C=O) groups excluding carboxylic acids is 2. The first-order chi connectivity index (χ1) is 5.25. The first kappa shape index (κ1) is 7.78. The van der Waals surface area contributed by atoms with Gasteiger partial charge in [-0.05, 0) is 12.6 Å². The van der Waals surface area contributed by atoms with Crippen LogP contribution in [0.4, 0.5) is 4.79 Å². The van der Waals surface area contributed by atoms with Crippen molar-refractivity contribution in [2.75, 3.05) is 6.54 Å². The van der Waals surface area contributed by atoms with Crippen LogP contribution in [0.3, 0.4) is 0 Å². The summed E-state index contributed by atoms with van der Waals surface area (Å²) in [6.07, 6.45) is 2.52. The second-order valence-electron chi connectivity index (χ2n) is 2.30. The molecule has 3 amide bonds. The van der Waals surface area contributed by atoms with Crippen molar-refractivity contribution in [3.8, 4) is 0 Å². The van der Waals surface area contributed by atoms with Crippen molar-refractivity contribution in [1.82, 2.24) is 10.2 Å². The fraction of sp³-hybridized carbons (Fsp3) is 0.429. The van der Waals surface area contributed by atoms with E-state index in [1.807, 2.05) is 0 Å². The van der Waals surface area contributed by atoms with Crippen molar-refractivity contribution in [3.63, 3.8) is 0 Å². The van der Waals surface area contributed by atoms with E-state index in [1.54, 1.807) is 0 Å². The van der Waals surface area contributed by atoms with Crippen molar-refractivity contribution in [2.45, 2.75) is 12.8 Å². The van der Waals surface area contributed by atoms with Crippen LogP contribution in [0.1, 0.15) is 12.8 Å². The summed E-state index contributed by atoms with van der Waals surface area (Å²) in [5.74, 6) is -0.107. The van der Waals surface area contributed by atoms with Crippen molar-refractivity contribution < 1.29 is 9.59 Å². The van der Waals surface area contributed by atoms with E-state index in [1.165, 1.54) is 11.1 Å². The monoisotopic (exact) mass is 154 g/mol. The molecule has 1 N–H and O–H groups in total. The van der Waals surface area contributed by atoms with Crippen LogP contribution in [0, 0.1) is 0 Å². The molecule has 0 aromatic heterocycles. The summed E-state index contributed by atoms with van der Waals surface area (Å²) in [6, 6.07) is -0.373. The summed E-state index contributed by atoms with van der Waals surface area (Å²) >= 11 is 0. The lowest BCUT2D eigenvalue weighted by Gasteiger charge is -2.11. The number of hydrogen-bond donors (Lipinski definition) is 1. The quantitative estimate of drug-likeness (QED) is 0.596. The molecule has 1 fully saturated rings. The lowest BCUT2D eigenvalue weighted by atomic mass is 10.4. The van der Waals surface area contributed by atoms with Crippen LogP contribution in [-0.2, 0) is 4.79 Å². The van der Waals surface area contributed by atoms with E-state index in [9.17, 15) is 9.59 Å². The fourth-order valence-corrected chi connectivity index (χ4v) is 1.03. The number of nitrogens with one attached hydrogen (secondary N) is 1. The van der Waals surface area contributed by atoms with Crippen molar-refractivity contribution in [3.05, 3.63) is 12.8 Å². The van der Waals surface area contributed by atoms with Gasteiger partial charge in [-0.15, -0.1) is 0 Å². The van der Waals surface area contributed by atoms with Crippen molar-refractivity contribution >= 4 is 11.9 Å². The Morgan fingerprint density at radius 3 is 2.91 bits per heavy atom. The first-order valence-corrected chi connectivity index (χ1v) is 3.47. The third kappa shape index (κ3) is 1.58. The molecule has 0 saturated carbocycles. The van der Waals surface area contributed by atoms with Gasteiger partial charge in [0.25, 0.3) is 0 Å². The van der Waals surface area contributed by atoms with Gasteiger partial charge in [0.2, 0.25) is 5.91 Å². The highest BCUT2D eigenvalue weighted by Gasteiger charge is 2.25. The zero-order valence-corrected chi connectivity index (χ0v) is 6.17. The zero-order valence-electron chi connectivity index (χ0n) is 6.17. The lowest BCUT2D eigenvalue weighted by molar-refractivity contribution is -0.125. The maximum absolute atomic E-state index is 11.0. The van der Waals surface area contributed by atoms with Gasteiger partial charge in [0.1, 0.15) is 0 Å². The topological polar surface area (TPSA) is 49.4 Å². The minimum Gasteiger partial charge on any atom is -0.315 e. The SMILES string of the molecule is C=CNC(=O)N1CCCC1=O. The van der Waals surface area contributed by atoms with Crippen molar-refractivity contribution in [2.24, 2.45) is 0 Å². The third-order valence-corrected chi connectivity index (χ3v) is 1.54. The molecule has 1 rings (SSSR count). The second-order valence-corrected chi connectivity index (χ2v) is 2.30. The molecule has 0 unspecified atom stereocenters. The van der Waals surface area contributed by atoms with Gasteiger partial charge in [-0.25, -0.2) is 4.79 Å². The number of rotatable bonds is 1. The fourth-order valence-electron chi connectivity index (χ4n) is 1.03. The van der Waals surface area contributed by atoms with Gasteiger partial charge >= 0.3 is 6.03 Å². The average Bonchev–Trinajstić information content (AvgIpc) is 2.36. The smallest absolute Gasteiger partial charge is 0.315 e. The highest BCUT2D eigenvalue weighted by molar-refractivity contribution is 5.96. The molecule has 1 heterocycles. The van der Waals surface area contributed by atoms with Gasteiger partial charge < -0.3 is 5.32 Å². The summed E-state index contributed by atoms with van der Waals surface area (Å²) in [4.78, 5) is 23.1. The molecule has 11 heavy (non-hydrogen) atoms. The van der Waals surface area contributed by atoms with E-state index in [2.05, 4.69) is 11.9 Å². The first-order valence-electron chi connectivity index (χ1n) is 3.47. The van der Waals surface area contributed by atoms with Crippen LogP contribution in [0.2, 0.25) is 0 Å². The molecule has 4 heteroatoms. The second kappa shape index (κ2) is 3.18. The number of carbonyl (C=O) groups is 2. The maximum Gasteiger partial charge on any atom is 0.328 e. The Kier molecular flexibility index (Phi) is 2.25. The summed E-state index contributed by atoms with van der Waals surface area (Å²) in [5.41, 5.74) is 0. The van der Waals surface area contributed by atoms with Crippen LogP contribution in [0.5, 0.6) is 0 Å². The summed E-state index contributed by atoms with van der Waals surface area (Å²) in [7, 11) is 0. The molecule has 0 radical (unpaired) electrons. The van der Waals surface area contributed by atoms with Crippen LogP contribution in [0.25, 0.3) is 0 Å². The Hall–Kier alpha value is -1.32. The highest BCUT2D eigenvalue weighted by Crippen LogP contribution is 2.08. The molecule has 0 aliphatic carbocycles. The molecule has 4 nitrogen and oxygen atoms in total. The van der Waals surface area contributed by atoms with E-state index < -0.39 is 0 Å². The number of imide groups is 1. The van der Waals surface area contributed by atoms with Gasteiger partial charge in [0.05, 0.1) is 0 Å². The molecular weight excluding hydrogens is 144 g/mol. The molecule has 0 aromatic carbocycles. The molecule has 1 aliphatic rings. The highest BCUT2D eigenvalue weighted by atomic mass is 16.2. The Bertz CT molecular complexity index is 201. The van der Waals surface area contributed by atoms with E-state index in [0.717, 1.165) is 6.42 Å². The van der Waals surface area contributed by atoms with Gasteiger partial charge in [-0.1, -0.05) is 6.58 Å². The average molecular weight is 154 g/mol. The zero-order chi connectivity index (χ0) is 8.27. The molecule has 0 atom stereocenters. The Morgan fingerprint density at radius 2 is 2.45 bits per heavy atom. The molecule has 0 aromatic rings. The Labute approximate surface area is 64.9 Å². The number of likely N-dealkylation sites (tertiary alicyclic amines) is 1. The minimum absolute atomic E-state index is 0.107. The van der Waals surface area contributed by atoms with Crippen LogP contribution in [-0.4, -0.2) is 23.4 Å². The van der Waals surface area contributed by atoms with E-state index >= 15 is 0 Å². The normalized spacial score (nSPS) is 16.7. The third-order valence-electron chi connectivity index (χ3n) is 1.54. The Morgan fingerprint density at radius 1 is 1.73 bits per heavy atom. The van der Waals surface area contributed by atoms with Gasteiger partial charge in [-0.3, -0.25) is 9.69 Å². The van der Waals surface area contributed by atoms with E-state index in [0.29, 0.717) is 13.0 Å².